The van der Waals surface area contributed by atoms with Crippen molar-refractivity contribution in [2.24, 2.45) is 5.41 Å². The van der Waals surface area contributed by atoms with Crippen molar-refractivity contribution in [1.29, 1.82) is 0 Å². The Balaban J connectivity index is 2.95. The van der Waals surface area contributed by atoms with Crippen LogP contribution in [0.1, 0.15) is 48.0 Å². The third kappa shape index (κ3) is 2.70. The van der Waals surface area contributed by atoms with Gasteiger partial charge >= 0.3 is 0 Å². The van der Waals surface area contributed by atoms with Crippen molar-refractivity contribution in [2.75, 3.05) is 6.54 Å². The van der Waals surface area contributed by atoms with Gasteiger partial charge in [0.05, 0.1) is 12.6 Å². The van der Waals surface area contributed by atoms with Gasteiger partial charge in [0.1, 0.15) is 5.78 Å². The minimum absolute atomic E-state index is 0.127. The highest BCUT2D eigenvalue weighted by atomic mass is 16.1. The number of carbonyl (C=O) groups is 2. The quantitative estimate of drug-likeness (QED) is 0.685. The fraction of sp³-hybridized carbons (Fsp3) is 0.846. The normalized spacial score (nSPS) is 23.9. The SMILES string of the molecule is CC(C)(C)C(=O)C1CC(=O)CN1C(C)(C)C. The molecule has 1 aliphatic rings. The highest BCUT2D eigenvalue weighted by Gasteiger charge is 2.44. The van der Waals surface area contributed by atoms with Gasteiger partial charge in [0.15, 0.2) is 5.78 Å². The molecule has 0 aromatic heterocycles. The minimum Gasteiger partial charge on any atom is -0.298 e. The molecule has 0 N–H and O–H groups in total. The molecular formula is C13H23NO2. The maximum atomic E-state index is 12.3. The largest absolute Gasteiger partial charge is 0.298 e. The van der Waals surface area contributed by atoms with E-state index in [1.54, 1.807) is 0 Å². The lowest BCUT2D eigenvalue weighted by Gasteiger charge is -2.37. The molecule has 1 fully saturated rings. The van der Waals surface area contributed by atoms with Crippen LogP contribution in [0, 0.1) is 5.41 Å². The molecule has 1 unspecified atom stereocenters. The Morgan fingerprint density at radius 2 is 1.69 bits per heavy atom. The fourth-order valence-corrected chi connectivity index (χ4v) is 2.13. The lowest BCUT2D eigenvalue weighted by Crippen LogP contribution is -2.50. The van der Waals surface area contributed by atoms with E-state index in [2.05, 4.69) is 20.8 Å². The molecule has 0 aliphatic carbocycles. The number of rotatable bonds is 1. The van der Waals surface area contributed by atoms with Crippen molar-refractivity contribution < 1.29 is 9.59 Å². The Kier molecular flexibility index (Phi) is 3.30. The zero-order valence-corrected chi connectivity index (χ0v) is 11.3. The maximum absolute atomic E-state index is 12.3. The van der Waals surface area contributed by atoms with E-state index >= 15 is 0 Å². The standard InChI is InChI=1S/C13H23NO2/c1-12(2,3)11(16)10-7-9(15)8-14(10)13(4,5)6/h10H,7-8H2,1-6H3. The highest BCUT2D eigenvalue weighted by molar-refractivity contribution is 5.96. The van der Waals surface area contributed by atoms with Gasteiger partial charge in [0, 0.05) is 17.4 Å². The number of hydrogen-bond donors (Lipinski definition) is 0. The zero-order chi connectivity index (χ0) is 12.7. The van der Waals surface area contributed by atoms with Crippen LogP contribution in [0.15, 0.2) is 0 Å². The third-order valence-electron chi connectivity index (χ3n) is 3.05. The van der Waals surface area contributed by atoms with Crippen LogP contribution >= 0.6 is 0 Å². The van der Waals surface area contributed by atoms with Gasteiger partial charge in [-0.05, 0) is 20.8 Å². The van der Waals surface area contributed by atoms with E-state index < -0.39 is 0 Å². The van der Waals surface area contributed by atoms with E-state index in [4.69, 9.17) is 0 Å². The van der Waals surface area contributed by atoms with Gasteiger partial charge in [0.25, 0.3) is 0 Å². The minimum atomic E-state index is -0.376. The topological polar surface area (TPSA) is 37.4 Å². The summed E-state index contributed by atoms with van der Waals surface area (Å²) in [5, 5.41) is 0. The molecule has 1 saturated heterocycles. The lowest BCUT2D eigenvalue weighted by atomic mass is 9.84. The van der Waals surface area contributed by atoms with Gasteiger partial charge in [-0.15, -0.1) is 0 Å². The summed E-state index contributed by atoms with van der Waals surface area (Å²) in [5.41, 5.74) is -0.503. The summed E-state index contributed by atoms with van der Waals surface area (Å²) < 4.78 is 0. The molecule has 0 amide bonds. The molecule has 3 heteroatoms. The Morgan fingerprint density at radius 1 is 1.19 bits per heavy atom. The van der Waals surface area contributed by atoms with Gasteiger partial charge in [-0.3, -0.25) is 14.5 Å². The molecular weight excluding hydrogens is 202 g/mol. The average molecular weight is 225 g/mol. The first-order valence-corrected chi connectivity index (χ1v) is 5.86. The molecule has 0 spiro atoms. The number of carbonyl (C=O) groups excluding carboxylic acids is 2. The molecule has 0 aromatic carbocycles. The summed E-state index contributed by atoms with van der Waals surface area (Å²) in [7, 11) is 0. The van der Waals surface area contributed by atoms with E-state index in [1.165, 1.54) is 0 Å². The first kappa shape index (κ1) is 13.4. The van der Waals surface area contributed by atoms with E-state index in [0.29, 0.717) is 13.0 Å². The van der Waals surface area contributed by atoms with Crippen LogP contribution in [-0.2, 0) is 9.59 Å². The molecule has 0 saturated carbocycles. The molecule has 0 aromatic rings. The summed E-state index contributed by atoms with van der Waals surface area (Å²) in [6.07, 6.45) is 0.382. The molecule has 3 nitrogen and oxygen atoms in total. The van der Waals surface area contributed by atoms with Crippen LogP contribution in [0.25, 0.3) is 0 Å². The second-order valence-corrected chi connectivity index (χ2v) is 6.67. The summed E-state index contributed by atoms with van der Waals surface area (Å²) in [6.45, 7) is 12.3. The van der Waals surface area contributed by atoms with Crippen LogP contribution in [-0.4, -0.2) is 34.6 Å². The molecule has 16 heavy (non-hydrogen) atoms. The van der Waals surface area contributed by atoms with Crippen LogP contribution in [0.4, 0.5) is 0 Å². The Bertz CT molecular complexity index is 307. The summed E-state index contributed by atoms with van der Waals surface area (Å²) in [5.74, 6) is 0.353. The van der Waals surface area contributed by atoms with Gasteiger partial charge in [-0.25, -0.2) is 0 Å². The van der Waals surface area contributed by atoms with Crippen LogP contribution < -0.4 is 0 Å². The van der Waals surface area contributed by atoms with E-state index in [0.717, 1.165) is 0 Å². The number of hydrogen-bond acceptors (Lipinski definition) is 3. The van der Waals surface area contributed by atoms with Crippen LogP contribution in [0.3, 0.4) is 0 Å². The van der Waals surface area contributed by atoms with Crippen LogP contribution in [0.2, 0.25) is 0 Å². The molecule has 92 valence electrons. The number of likely N-dealkylation sites (tertiary alicyclic amines) is 1. The molecule has 1 aliphatic heterocycles. The number of nitrogens with zero attached hydrogens (tertiary/aromatic N) is 1. The van der Waals surface area contributed by atoms with Crippen molar-refractivity contribution in [3.63, 3.8) is 0 Å². The summed E-state index contributed by atoms with van der Waals surface area (Å²) >= 11 is 0. The summed E-state index contributed by atoms with van der Waals surface area (Å²) in [4.78, 5) is 25.9. The van der Waals surface area contributed by atoms with Gasteiger partial charge in [0.2, 0.25) is 0 Å². The van der Waals surface area contributed by atoms with Crippen molar-refractivity contribution in [3.05, 3.63) is 0 Å². The van der Waals surface area contributed by atoms with Crippen molar-refractivity contribution in [3.8, 4) is 0 Å². The smallest absolute Gasteiger partial charge is 0.155 e. The number of Topliss-reactive ketones (excluding diaryl/α,β-unsaturated/α-hetero) is 2. The zero-order valence-electron chi connectivity index (χ0n) is 11.3. The van der Waals surface area contributed by atoms with E-state index in [-0.39, 0.29) is 28.6 Å². The van der Waals surface area contributed by atoms with E-state index in [1.807, 2.05) is 25.7 Å². The molecule has 1 heterocycles. The third-order valence-corrected chi connectivity index (χ3v) is 3.05. The molecule has 0 radical (unpaired) electrons. The Morgan fingerprint density at radius 3 is 2.06 bits per heavy atom. The van der Waals surface area contributed by atoms with Gasteiger partial charge < -0.3 is 0 Å². The predicted octanol–water partition coefficient (Wildman–Crippen LogP) is 2.04. The molecule has 1 rings (SSSR count). The Hall–Kier alpha value is -0.700. The second-order valence-electron chi connectivity index (χ2n) is 6.67. The first-order chi connectivity index (χ1) is 7.03. The van der Waals surface area contributed by atoms with Gasteiger partial charge in [-0.1, -0.05) is 20.8 Å². The van der Waals surface area contributed by atoms with Gasteiger partial charge in [-0.2, -0.15) is 0 Å². The Labute approximate surface area is 98.2 Å². The number of ketones is 2. The lowest BCUT2D eigenvalue weighted by molar-refractivity contribution is -0.132. The summed E-state index contributed by atoms with van der Waals surface area (Å²) in [6, 6.07) is -0.229. The fourth-order valence-electron chi connectivity index (χ4n) is 2.13. The van der Waals surface area contributed by atoms with Crippen molar-refractivity contribution >= 4 is 11.6 Å². The second kappa shape index (κ2) is 3.95. The monoisotopic (exact) mass is 225 g/mol. The first-order valence-electron chi connectivity index (χ1n) is 5.86. The van der Waals surface area contributed by atoms with Crippen LogP contribution in [0.5, 0.6) is 0 Å². The van der Waals surface area contributed by atoms with Crippen molar-refractivity contribution in [2.45, 2.75) is 59.5 Å². The molecule has 0 bridgehead atoms. The highest BCUT2D eigenvalue weighted by Crippen LogP contribution is 2.30. The molecule has 1 atom stereocenters. The predicted molar refractivity (Wildman–Crippen MR) is 64.3 cm³/mol. The average Bonchev–Trinajstić information content (AvgIpc) is 2.43. The maximum Gasteiger partial charge on any atom is 0.155 e. The van der Waals surface area contributed by atoms with Crippen molar-refractivity contribution in [1.82, 2.24) is 4.90 Å². The van der Waals surface area contributed by atoms with E-state index in [9.17, 15) is 9.59 Å².